The number of hydrogen-bond donors (Lipinski definition) is 1. The molecule has 2 aromatic heterocycles. The summed E-state index contributed by atoms with van der Waals surface area (Å²) in [5.74, 6) is 1.77. The first-order chi connectivity index (χ1) is 14.2. The third-order valence-electron chi connectivity index (χ3n) is 6.45. The second-order valence-electron chi connectivity index (χ2n) is 8.11. The van der Waals surface area contributed by atoms with Crippen LogP contribution in [0.2, 0.25) is 0 Å². The lowest BCUT2D eigenvalue weighted by Gasteiger charge is -2.38. The number of carbonyl (C=O) groups excluding carboxylic acids is 1. The van der Waals surface area contributed by atoms with Crippen LogP contribution in [0, 0.1) is 23.2 Å². The Morgan fingerprint density at radius 3 is 2.97 bits per heavy atom. The van der Waals surface area contributed by atoms with E-state index in [2.05, 4.69) is 37.2 Å². The van der Waals surface area contributed by atoms with Crippen LogP contribution in [-0.2, 0) is 10.2 Å². The number of rotatable bonds is 3. The minimum Gasteiger partial charge on any atom is -0.339 e. The van der Waals surface area contributed by atoms with Gasteiger partial charge in [-0.15, -0.1) is 11.8 Å². The average molecular weight is 407 g/mol. The molecule has 4 unspecified atom stereocenters. The maximum absolute atomic E-state index is 13.4. The van der Waals surface area contributed by atoms with Gasteiger partial charge in [-0.1, -0.05) is 6.08 Å². The highest BCUT2D eigenvalue weighted by molar-refractivity contribution is 8.08. The van der Waals surface area contributed by atoms with E-state index in [1.54, 1.807) is 36.4 Å². The van der Waals surface area contributed by atoms with E-state index in [9.17, 15) is 10.1 Å². The van der Waals surface area contributed by atoms with Gasteiger partial charge in [-0.2, -0.15) is 10.4 Å². The van der Waals surface area contributed by atoms with Gasteiger partial charge in [0.15, 0.2) is 0 Å². The van der Waals surface area contributed by atoms with E-state index in [1.807, 2.05) is 6.20 Å². The number of nitriles is 1. The highest BCUT2D eigenvalue weighted by atomic mass is 32.2. The Kier molecular flexibility index (Phi) is 4.63. The summed E-state index contributed by atoms with van der Waals surface area (Å²) in [6, 6.07) is 4.38. The monoisotopic (exact) mass is 406 g/mol. The van der Waals surface area contributed by atoms with E-state index in [4.69, 9.17) is 0 Å². The lowest BCUT2D eigenvalue weighted by Crippen LogP contribution is -2.48. The molecule has 0 spiro atoms. The Balaban J connectivity index is 1.38. The number of thioether (sulfide) groups is 1. The van der Waals surface area contributed by atoms with Gasteiger partial charge in [0, 0.05) is 47.4 Å². The molecule has 1 N–H and O–H groups in total. The Labute approximate surface area is 173 Å². The molecule has 5 rings (SSSR count). The SMILES string of the molecule is N#CC1(c2ncccn2)CC2CCCN(C(=O)C3C=C(c4cn[nH]c4)SC3)C2C1. The molecule has 0 aromatic carbocycles. The van der Waals surface area contributed by atoms with Gasteiger partial charge >= 0.3 is 0 Å². The predicted octanol–water partition coefficient (Wildman–Crippen LogP) is 2.77. The number of piperidine rings is 1. The number of fused-ring (bicyclic) bond motifs is 1. The maximum Gasteiger partial charge on any atom is 0.230 e. The molecular formula is C21H22N6OS. The second kappa shape index (κ2) is 7.30. The topological polar surface area (TPSA) is 98.6 Å². The molecule has 1 saturated heterocycles. The number of aromatic nitrogens is 4. The normalized spacial score (nSPS) is 31.2. The van der Waals surface area contributed by atoms with Gasteiger partial charge in [0.1, 0.15) is 11.2 Å². The van der Waals surface area contributed by atoms with Crippen molar-refractivity contribution in [2.75, 3.05) is 12.3 Å². The van der Waals surface area contributed by atoms with Gasteiger partial charge in [-0.3, -0.25) is 9.89 Å². The smallest absolute Gasteiger partial charge is 0.230 e. The fourth-order valence-corrected chi connectivity index (χ4v) is 6.20. The van der Waals surface area contributed by atoms with Crippen LogP contribution in [0.3, 0.4) is 0 Å². The molecule has 29 heavy (non-hydrogen) atoms. The fourth-order valence-electron chi connectivity index (χ4n) is 5.06. The summed E-state index contributed by atoms with van der Waals surface area (Å²) in [7, 11) is 0. The van der Waals surface area contributed by atoms with E-state index in [0.29, 0.717) is 18.2 Å². The third-order valence-corrected chi connectivity index (χ3v) is 7.66. The summed E-state index contributed by atoms with van der Waals surface area (Å²) in [5, 5.41) is 16.9. The van der Waals surface area contributed by atoms with Crippen LogP contribution in [0.25, 0.3) is 4.91 Å². The molecule has 0 radical (unpaired) electrons. The Bertz CT molecular complexity index is 969. The van der Waals surface area contributed by atoms with Crippen molar-refractivity contribution in [2.45, 2.75) is 37.1 Å². The maximum atomic E-state index is 13.4. The summed E-state index contributed by atoms with van der Waals surface area (Å²) < 4.78 is 0. The van der Waals surface area contributed by atoms with E-state index in [0.717, 1.165) is 42.0 Å². The number of aromatic amines is 1. The number of nitrogens with zero attached hydrogens (tertiary/aromatic N) is 5. The first-order valence-electron chi connectivity index (χ1n) is 10.0. The third kappa shape index (κ3) is 3.14. The zero-order valence-electron chi connectivity index (χ0n) is 16.0. The zero-order chi connectivity index (χ0) is 19.8. The minimum atomic E-state index is -0.693. The van der Waals surface area contributed by atoms with Crippen LogP contribution < -0.4 is 0 Å². The van der Waals surface area contributed by atoms with Gasteiger partial charge < -0.3 is 4.90 Å². The number of H-pyrrole nitrogens is 1. The number of nitrogens with one attached hydrogen (secondary N) is 1. The van der Waals surface area contributed by atoms with Crippen LogP contribution in [0.5, 0.6) is 0 Å². The first kappa shape index (κ1) is 18.4. The lowest BCUT2D eigenvalue weighted by molar-refractivity contribution is -0.138. The minimum absolute atomic E-state index is 0.0936. The van der Waals surface area contributed by atoms with Gasteiger partial charge in [0.2, 0.25) is 5.91 Å². The summed E-state index contributed by atoms with van der Waals surface area (Å²) in [6.07, 6.45) is 12.5. The van der Waals surface area contributed by atoms with Crippen molar-refractivity contribution in [3.63, 3.8) is 0 Å². The van der Waals surface area contributed by atoms with Crippen molar-refractivity contribution in [3.05, 3.63) is 48.3 Å². The molecule has 2 aromatic rings. The summed E-state index contributed by atoms with van der Waals surface area (Å²) in [5.41, 5.74) is 0.342. The molecule has 4 atom stereocenters. The quantitative estimate of drug-likeness (QED) is 0.842. The number of amides is 1. The van der Waals surface area contributed by atoms with Crippen molar-refractivity contribution in [3.8, 4) is 6.07 Å². The molecule has 148 valence electrons. The number of hydrogen-bond acceptors (Lipinski definition) is 6. The summed E-state index contributed by atoms with van der Waals surface area (Å²) >= 11 is 1.71. The molecule has 7 nitrogen and oxygen atoms in total. The van der Waals surface area contributed by atoms with E-state index >= 15 is 0 Å². The zero-order valence-corrected chi connectivity index (χ0v) is 16.8. The Hall–Kier alpha value is -2.66. The van der Waals surface area contributed by atoms with Crippen molar-refractivity contribution in [1.29, 1.82) is 5.26 Å². The van der Waals surface area contributed by atoms with Gasteiger partial charge in [-0.25, -0.2) is 9.97 Å². The molecular weight excluding hydrogens is 384 g/mol. The van der Waals surface area contributed by atoms with Gasteiger partial charge in [0.05, 0.1) is 18.2 Å². The average Bonchev–Trinajstić information content (AvgIpc) is 3.52. The number of carbonyl (C=O) groups is 1. The number of likely N-dealkylation sites (tertiary alicyclic amines) is 1. The first-order valence-corrected chi connectivity index (χ1v) is 11.0. The van der Waals surface area contributed by atoms with E-state index in [-0.39, 0.29) is 17.9 Å². The Morgan fingerprint density at radius 2 is 2.21 bits per heavy atom. The van der Waals surface area contributed by atoms with Gasteiger partial charge in [-0.05, 0) is 37.7 Å². The van der Waals surface area contributed by atoms with Crippen molar-refractivity contribution >= 4 is 22.6 Å². The standard InChI is InChI=1S/C21H22N6OS/c22-13-21(20-23-4-2-5-24-20)8-14-3-1-6-27(17(14)9-21)19(28)15-7-18(29-12-15)16-10-25-26-11-16/h2,4-5,7,10-11,14-15,17H,1,3,6,8-9,12H2,(H,25,26). The molecule has 8 heteroatoms. The molecule has 0 bridgehead atoms. The molecule has 4 heterocycles. The second-order valence-corrected chi connectivity index (χ2v) is 9.17. The highest BCUT2D eigenvalue weighted by Gasteiger charge is 2.53. The molecule has 1 amide bonds. The van der Waals surface area contributed by atoms with Crippen molar-refractivity contribution in [1.82, 2.24) is 25.1 Å². The van der Waals surface area contributed by atoms with Crippen LogP contribution >= 0.6 is 11.8 Å². The lowest BCUT2D eigenvalue weighted by atomic mass is 9.85. The largest absolute Gasteiger partial charge is 0.339 e. The highest BCUT2D eigenvalue weighted by Crippen LogP contribution is 2.49. The van der Waals surface area contributed by atoms with Crippen LogP contribution in [-0.4, -0.2) is 49.3 Å². The molecule has 3 aliphatic rings. The van der Waals surface area contributed by atoms with Crippen LogP contribution in [0.4, 0.5) is 0 Å². The van der Waals surface area contributed by atoms with Crippen LogP contribution in [0.1, 0.15) is 37.1 Å². The van der Waals surface area contributed by atoms with E-state index in [1.165, 1.54) is 0 Å². The van der Waals surface area contributed by atoms with Crippen molar-refractivity contribution in [2.24, 2.45) is 11.8 Å². The fraction of sp³-hybridized carbons (Fsp3) is 0.476. The Morgan fingerprint density at radius 1 is 1.34 bits per heavy atom. The molecule has 1 saturated carbocycles. The molecule has 1 aliphatic carbocycles. The molecule has 2 aliphatic heterocycles. The molecule has 2 fully saturated rings. The van der Waals surface area contributed by atoms with E-state index < -0.39 is 5.41 Å². The predicted molar refractivity (Wildman–Crippen MR) is 109 cm³/mol. The van der Waals surface area contributed by atoms with Crippen molar-refractivity contribution < 1.29 is 4.79 Å². The van der Waals surface area contributed by atoms with Gasteiger partial charge in [0.25, 0.3) is 0 Å². The van der Waals surface area contributed by atoms with Crippen LogP contribution in [0.15, 0.2) is 36.9 Å². The summed E-state index contributed by atoms with van der Waals surface area (Å²) in [4.78, 5) is 25.4. The summed E-state index contributed by atoms with van der Waals surface area (Å²) in [6.45, 7) is 0.771.